The first-order chi connectivity index (χ1) is 21.9. The van der Waals surface area contributed by atoms with Crippen LogP contribution in [0.3, 0.4) is 0 Å². The maximum Gasteiger partial charge on any atom is 0.222 e. The third-order valence-electron chi connectivity index (χ3n) is 9.91. The highest BCUT2D eigenvalue weighted by atomic mass is 32.1. The number of piperidine rings is 1. The molecule has 236 valence electrons. The number of aromatic nitrogens is 5. The molecule has 2 fully saturated rings. The number of hydrogen-bond acceptors (Lipinski definition) is 11. The molecule has 4 aromatic rings. The van der Waals surface area contributed by atoms with E-state index in [4.69, 9.17) is 31.1 Å². The van der Waals surface area contributed by atoms with Crippen LogP contribution in [-0.2, 0) is 24.2 Å². The summed E-state index contributed by atoms with van der Waals surface area (Å²) in [6.45, 7) is 5.22. The zero-order valence-electron chi connectivity index (χ0n) is 26.0. The van der Waals surface area contributed by atoms with Gasteiger partial charge in [0.05, 0.1) is 29.6 Å². The van der Waals surface area contributed by atoms with Crippen LogP contribution in [0.1, 0.15) is 85.1 Å². The van der Waals surface area contributed by atoms with Gasteiger partial charge in [0.1, 0.15) is 22.6 Å². The predicted octanol–water partition coefficient (Wildman–Crippen LogP) is 4.21. The Bertz CT molecular complexity index is 1780. The summed E-state index contributed by atoms with van der Waals surface area (Å²) in [5, 5.41) is 20.9. The monoisotopic (exact) mass is 628 g/mol. The largest absolute Gasteiger partial charge is 0.389 e. The molecule has 1 amide bonds. The lowest BCUT2D eigenvalue weighted by Gasteiger charge is -2.32. The minimum atomic E-state index is -0.282. The lowest BCUT2D eigenvalue weighted by molar-refractivity contribution is -0.122. The van der Waals surface area contributed by atoms with Gasteiger partial charge in [-0.05, 0) is 70.5 Å². The normalized spacial score (nSPS) is 22.2. The molecule has 3 aliphatic rings. The molecular formula is C32H40N10O2S. The van der Waals surface area contributed by atoms with E-state index in [-0.39, 0.29) is 17.7 Å². The van der Waals surface area contributed by atoms with Gasteiger partial charge in [0.15, 0.2) is 17.2 Å². The summed E-state index contributed by atoms with van der Waals surface area (Å²) in [5.41, 5.74) is 16.0. The van der Waals surface area contributed by atoms with E-state index in [9.17, 15) is 10.1 Å². The fourth-order valence-corrected chi connectivity index (χ4v) is 8.73. The third kappa shape index (κ3) is 5.23. The van der Waals surface area contributed by atoms with Crippen molar-refractivity contribution in [3.8, 4) is 17.6 Å². The summed E-state index contributed by atoms with van der Waals surface area (Å²) in [7, 11) is 2.16. The number of aryl methyl sites for hydroxylation is 1. The molecule has 2 aliphatic heterocycles. The maximum atomic E-state index is 12.2. The molecule has 2 unspecified atom stereocenters. The highest BCUT2D eigenvalue weighted by molar-refractivity contribution is 7.16. The molecular weight excluding hydrogens is 588 g/mol. The Morgan fingerprint density at radius 3 is 2.80 bits per heavy atom. The molecule has 0 spiro atoms. The Morgan fingerprint density at radius 2 is 2.04 bits per heavy atom. The Hall–Kier alpha value is -4.02. The number of likely N-dealkylation sites (N-methyl/N-ethyl adjacent to an activating group) is 1. The summed E-state index contributed by atoms with van der Waals surface area (Å²) in [6, 6.07) is 2.75. The van der Waals surface area contributed by atoms with Gasteiger partial charge in [0.2, 0.25) is 5.91 Å². The smallest absolute Gasteiger partial charge is 0.222 e. The van der Waals surface area contributed by atoms with Crippen molar-refractivity contribution in [1.29, 1.82) is 5.26 Å². The van der Waals surface area contributed by atoms with E-state index in [1.54, 1.807) is 0 Å². The number of likely N-dealkylation sites (tertiary alicyclic amines) is 1. The predicted molar refractivity (Wildman–Crippen MR) is 173 cm³/mol. The van der Waals surface area contributed by atoms with Gasteiger partial charge < -0.3 is 25.8 Å². The second-order valence-electron chi connectivity index (χ2n) is 12.8. The summed E-state index contributed by atoms with van der Waals surface area (Å²) in [5.74, 6) is 1.41. The molecule has 0 aromatic carbocycles. The Labute approximate surface area is 266 Å². The van der Waals surface area contributed by atoms with Gasteiger partial charge in [0.25, 0.3) is 0 Å². The summed E-state index contributed by atoms with van der Waals surface area (Å²) in [4.78, 5) is 28.1. The Kier molecular flexibility index (Phi) is 7.95. The zero-order chi connectivity index (χ0) is 31.2. The first kappa shape index (κ1) is 29.7. The van der Waals surface area contributed by atoms with E-state index in [1.807, 2.05) is 10.9 Å². The van der Waals surface area contributed by atoms with Crippen molar-refractivity contribution in [2.24, 2.45) is 11.7 Å². The summed E-state index contributed by atoms with van der Waals surface area (Å²) >= 11 is 1.52. The maximum absolute atomic E-state index is 12.2. The molecule has 12 nitrogen and oxygen atoms in total. The average Bonchev–Trinajstić information content (AvgIpc) is 3.83. The molecule has 4 aromatic heterocycles. The first-order valence-corrected chi connectivity index (χ1v) is 17.0. The molecule has 13 heteroatoms. The number of fused-ring (bicyclic) bond motifs is 2. The minimum Gasteiger partial charge on any atom is -0.389 e. The highest BCUT2D eigenvalue weighted by Crippen LogP contribution is 2.46. The van der Waals surface area contributed by atoms with Gasteiger partial charge >= 0.3 is 0 Å². The number of nitrogens with zero attached hydrogens (tertiary/aromatic N) is 8. The summed E-state index contributed by atoms with van der Waals surface area (Å²) < 4.78 is 8.14. The van der Waals surface area contributed by atoms with Crippen molar-refractivity contribution in [2.45, 2.75) is 83.2 Å². The van der Waals surface area contributed by atoms with Crippen LogP contribution in [0.15, 0.2) is 10.7 Å². The highest BCUT2D eigenvalue weighted by Gasteiger charge is 2.36. The standard InChI is InChI=1S/C32H40N10O2S/c1-3-7-24-25(22(14-33)29(35)45-24)20-10-4-11-21-26(39-44-27(20)21)30-37-31(41-13-5-8-18(16-41)28(34)43)23-15-36-42(32(23)38-30)17-19-9-6-12-40(19)2/h15,18-20H,3-13,16-17,35H2,1-2H3,(H2,34,43)/t18-,19?,20?/m0/s1. The van der Waals surface area contributed by atoms with Crippen molar-refractivity contribution in [3.63, 3.8) is 0 Å². The SMILES string of the molecule is CCCc1sc(N)c(C#N)c1C1CCCc2c(-c3nc(N4CCC[C@H](C(N)=O)C4)c4cnn(CC5CCCN5C)c4n3)noc21. The number of thiophene rings is 1. The van der Waals surface area contributed by atoms with Crippen molar-refractivity contribution in [3.05, 3.63) is 33.5 Å². The number of nitrogen functional groups attached to an aromatic ring is 1. The second kappa shape index (κ2) is 12.1. The molecule has 0 radical (unpaired) electrons. The van der Waals surface area contributed by atoms with Crippen LogP contribution in [-0.4, -0.2) is 68.4 Å². The molecule has 4 N–H and O–H groups in total. The van der Waals surface area contributed by atoms with Crippen LogP contribution in [0, 0.1) is 17.2 Å². The molecule has 0 bridgehead atoms. The van der Waals surface area contributed by atoms with Crippen LogP contribution in [0.25, 0.3) is 22.6 Å². The quantitative estimate of drug-likeness (QED) is 0.288. The number of carbonyl (C=O) groups excluding carboxylic acids is 1. The van der Waals surface area contributed by atoms with Crippen LogP contribution in [0.4, 0.5) is 10.8 Å². The van der Waals surface area contributed by atoms with Crippen molar-refractivity contribution in [2.75, 3.05) is 37.3 Å². The Balaban J connectivity index is 1.34. The second-order valence-corrected chi connectivity index (χ2v) is 13.9. The minimum absolute atomic E-state index is 0.0928. The number of primary amides is 1. The van der Waals surface area contributed by atoms with Crippen molar-refractivity contribution >= 4 is 39.1 Å². The van der Waals surface area contributed by atoms with E-state index in [1.165, 1.54) is 17.8 Å². The number of hydrogen-bond donors (Lipinski definition) is 2. The summed E-state index contributed by atoms with van der Waals surface area (Å²) in [6.07, 6.45) is 10.2. The fraction of sp³-hybridized carbons (Fsp3) is 0.562. The molecule has 7 rings (SSSR count). The molecule has 0 saturated carbocycles. The lowest BCUT2D eigenvalue weighted by atomic mass is 9.81. The van der Waals surface area contributed by atoms with Crippen molar-refractivity contribution in [1.82, 2.24) is 29.8 Å². The van der Waals surface area contributed by atoms with Gasteiger partial charge in [-0.25, -0.2) is 14.6 Å². The lowest BCUT2D eigenvalue weighted by Crippen LogP contribution is -2.41. The van der Waals surface area contributed by atoms with E-state index in [0.717, 1.165) is 110 Å². The third-order valence-corrected chi connectivity index (χ3v) is 11.0. The molecule has 3 atom stereocenters. The molecule has 2 saturated heterocycles. The van der Waals surface area contributed by atoms with Crippen LogP contribution in [0.2, 0.25) is 0 Å². The van der Waals surface area contributed by atoms with Crippen LogP contribution >= 0.6 is 11.3 Å². The molecule has 6 heterocycles. The van der Waals surface area contributed by atoms with Gasteiger partial charge in [-0.15, -0.1) is 11.3 Å². The van der Waals surface area contributed by atoms with E-state index >= 15 is 0 Å². The number of anilines is 2. The van der Waals surface area contributed by atoms with Gasteiger partial charge in [-0.2, -0.15) is 10.4 Å². The number of carbonyl (C=O) groups is 1. The van der Waals surface area contributed by atoms with E-state index in [0.29, 0.717) is 34.7 Å². The Morgan fingerprint density at radius 1 is 1.20 bits per heavy atom. The number of nitrogens with two attached hydrogens (primary N) is 2. The van der Waals surface area contributed by atoms with Crippen molar-refractivity contribution < 1.29 is 9.32 Å². The van der Waals surface area contributed by atoms with Crippen LogP contribution < -0.4 is 16.4 Å². The molecule has 1 aliphatic carbocycles. The van der Waals surface area contributed by atoms with Gasteiger partial charge in [-0.3, -0.25) is 4.79 Å². The number of nitriles is 1. The molecule has 45 heavy (non-hydrogen) atoms. The fourth-order valence-electron chi connectivity index (χ4n) is 7.54. The van der Waals surface area contributed by atoms with Gasteiger partial charge in [0, 0.05) is 35.5 Å². The van der Waals surface area contributed by atoms with Crippen LogP contribution in [0.5, 0.6) is 0 Å². The number of amides is 1. The number of rotatable bonds is 8. The zero-order valence-corrected chi connectivity index (χ0v) is 26.8. The topological polar surface area (TPSA) is 169 Å². The first-order valence-electron chi connectivity index (χ1n) is 16.2. The average molecular weight is 629 g/mol. The van der Waals surface area contributed by atoms with E-state index < -0.39 is 0 Å². The van der Waals surface area contributed by atoms with Gasteiger partial charge in [-0.1, -0.05) is 18.5 Å². The van der Waals surface area contributed by atoms with E-state index in [2.05, 4.69) is 35.0 Å².